The van der Waals surface area contributed by atoms with E-state index in [1.54, 1.807) is 0 Å². The van der Waals surface area contributed by atoms with E-state index in [0.29, 0.717) is 6.42 Å². The molecule has 0 heterocycles. The molecule has 0 aromatic carbocycles. The topological polar surface area (TPSA) is 63.6 Å². The van der Waals surface area contributed by atoms with Gasteiger partial charge in [0.15, 0.2) is 5.06 Å². The van der Waals surface area contributed by atoms with E-state index in [1.807, 2.05) is 0 Å². The molecule has 0 saturated heterocycles. The number of alkyl halides is 1. The lowest BCUT2D eigenvalue weighted by molar-refractivity contribution is -0.149. The third-order valence-corrected chi connectivity index (χ3v) is 3.52. The number of aliphatic carboxylic acids is 1. The van der Waals surface area contributed by atoms with E-state index in [-0.39, 0.29) is 5.92 Å². The van der Waals surface area contributed by atoms with Gasteiger partial charge in [-0.15, -0.1) is 0 Å². The summed E-state index contributed by atoms with van der Waals surface area (Å²) < 4.78 is 5.19. The molecule has 1 aliphatic rings. The molecule has 1 rings (SSSR count). The maximum atomic E-state index is 11.4. The summed E-state index contributed by atoms with van der Waals surface area (Å²) in [6.07, 6.45) is 6.07. The van der Waals surface area contributed by atoms with Gasteiger partial charge in [-0.3, -0.25) is 0 Å². The fourth-order valence-corrected chi connectivity index (χ4v) is 2.62. The minimum Gasteiger partial charge on any atom is -0.478 e. The molecule has 96 valence electrons. The molecule has 17 heavy (non-hydrogen) atoms. The zero-order chi connectivity index (χ0) is 12.9. The van der Waals surface area contributed by atoms with E-state index in [2.05, 4.69) is 6.92 Å². The number of halogens is 1. The molecule has 0 radical (unpaired) electrons. The Bertz CT molecular complexity index is 326. The number of hydrogen-bond donors (Lipinski definition) is 1. The molecule has 0 bridgehead atoms. The molecule has 0 aromatic rings. The van der Waals surface area contributed by atoms with Gasteiger partial charge in [-0.25, -0.2) is 9.59 Å². The van der Waals surface area contributed by atoms with Crippen molar-refractivity contribution in [2.75, 3.05) is 0 Å². The Kier molecular flexibility index (Phi) is 5.00. The first-order valence-electron chi connectivity index (χ1n) is 5.81. The molecular formula is C12H17ClO4. The van der Waals surface area contributed by atoms with E-state index < -0.39 is 17.0 Å². The number of ether oxygens (including phenoxy) is 1. The SMILES string of the molecule is CCCC1CCCC1(Cl)OC(=O)/C=C/C(=O)O. The quantitative estimate of drug-likeness (QED) is 0.469. The number of carbonyl (C=O) groups is 2. The molecule has 0 spiro atoms. The van der Waals surface area contributed by atoms with Crippen LogP contribution in [0.5, 0.6) is 0 Å². The first-order chi connectivity index (χ1) is 7.98. The zero-order valence-corrected chi connectivity index (χ0v) is 10.6. The van der Waals surface area contributed by atoms with Crippen molar-refractivity contribution in [3.05, 3.63) is 12.2 Å². The Morgan fingerprint density at radius 2 is 2.24 bits per heavy atom. The minimum absolute atomic E-state index is 0.163. The molecule has 1 fully saturated rings. The fourth-order valence-electron chi connectivity index (χ4n) is 2.19. The van der Waals surface area contributed by atoms with Crippen LogP contribution in [0.2, 0.25) is 0 Å². The lowest BCUT2D eigenvalue weighted by Crippen LogP contribution is -2.32. The van der Waals surface area contributed by atoms with E-state index in [9.17, 15) is 9.59 Å². The van der Waals surface area contributed by atoms with Crippen molar-refractivity contribution >= 4 is 23.5 Å². The summed E-state index contributed by atoms with van der Waals surface area (Å²) in [5, 5.41) is 7.45. The summed E-state index contributed by atoms with van der Waals surface area (Å²) in [5.41, 5.74) is 0. The molecule has 4 nitrogen and oxygen atoms in total. The van der Waals surface area contributed by atoms with Gasteiger partial charge < -0.3 is 9.84 Å². The largest absolute Gasteiger partial charge is 0.478 e. The van der Waals surface area contributed by atoms with Gasteiger partial charge >= 0.3 is 11.9 Å². The highest BCUT2D eigenvalue weighted by molar-refractivity contribution is 6.24. The number of esters is 1. The van der Waals surface area contributed by atoms with Crippen LogP contribution in [0, 0.1) is 5.92 Å². The van der Waals surface area contributed by atoms with Gasteiger partial charge in [0.2, 0.25) is 0 Å². The van der Waals surface area contributed by atoms with E-state index in [0.717, 1.165) is 37.8 Å². The average Bonchev–Trinajstić information content (AvgIpc) is 2.58. The fraction of sp³-hybridized carbons (Fsp3) is 0.667. The van der Waals surface area contributed by atoms with Crippen molar-refractivity contribution in [3.63, 3.8) is 0 Å². The molecule has 1 saturated carbocycles. The van der Waals surface area contributed by atoms with Gasteiger partial charge in [0, 0.05) is 24.5 Å². The van der Waals surface area contributed by atoms with Crippen LogP contribution in [0.15, 0.2) is 12.2 Å². The van der Waals surface area contributed by atoms with Crippen molar-refractivity contribution in [3.8, 4) is 0 Å². The van der Waals surface area contributed by atoms with Crippen molar-refractivity contribution in [1.82, 2.24) is 0 Å². The number of hydrogen-bond acceptors (Lipinski definition) is 3. The van der Waals surface area contributed by atoms with Gasteiger partial charge in [-0.1, -0.05) is 24.9 Å². The molecule has 0 aliphatic heterocycles. The second kappa shape index (κ2) is 6.05. The highest BCUT2D eigenvalue weighted by Gasteiger charge is 2.43. The molecule has 2 unspecified atom stereocenters. The summed E-state index contributed by atoms with van der Waals surface area (Å²) >= 11 is 6.30. The van der Waals surface area contributed by atoms with Crippen LogP contribution >= 0.6 is 11.6 Å². The standard InChI is InChI=1S/C12H17ClO4/c1-2-4-9-5-3-8-12(9,13)17-11(16)7-6-10(14)15/h6-7,9H,2-5,8H2,1H3,(H,14,15)/b7-6+. The van der Waals surface area contributed by atoms with E-state index in [1.165, 1.54) is 0 Å². The van der Waals surface area contributed by atoms with Crippen molar-refractivity contribution in [1.29, 1.82) is 0 Å². The molecule has 0 aromatic heterocycles. The summed E-state index contributed by atoms with van der Waals surface area (Å²) in [6, 6.07) is 0. The lowest BCUT2D eigenvalue weighted by atomic mass is 9.99. The van der Waals surface area contributed by atoms with Gasteiger partial charge in [-0.2, -0.15) is 0 Å². The van der Waals surface area contributed by atoms with Gasteiger partial charge in [0.1, 0.15) is 0 Å². The Labute approximate surface area is 106 Å². The molecular weight excluding hydrogens is 244 g/mol. The van der Waals surface area contributed by atoms with Crippen LogP contribution in [0.3, 0.4) is 0 Å². The third kappa shape index (κ3) is 4.04. The molecule has 5 heteroatoms. The first-order valence-corrected chi connectivity index (χ1v) is 6.18. The summed E-state index contributed by atoms with van der Waals surface area (Å²) in [5.74, 6) is -1.70. The minimum atomic E-state index is -1.18. The van der Waals surface area contributed by atoms with Crippen LogP contribution in [0.25, 0.3) is 0 Å². The summed E-state index contributed by atoms with van der Waals surface area (Å²) in [6.45, 7) is 2.06. The lowest BCUT2D eigenvalue weighted by Gasteiger charge is -2.28. The van der Waals surface area contributed by atoms with Crippen LogP contribution in [0.4, 0.5) is 0 Å². The van der Waals surface area contributed by atoms with Crippen molar-refractivity contribution in [2.45, 2.75) is 44.1 Å². The smallest absolute Gasteiger partial charge is 0.332 e. The molecule has 1 N–H and O–H groups in total. The van der Waals surface area contributed by atoms with E-state index >= 15 is 0 Å². The van der Waals surface area contributed by atoms with Crippen LogP contribution < -0.4 is 0 Å². The van der Waals surface area contributed by atoms with Crippen LogP contribution in [0.1, 0.15) is 39.0 Å². The Hall–Kier alpha value is -1.03. The van der Waals surface area contributed by atoms with Crippen molar-refractivity contribution in [2.24, 2.45) is 5.92 Å². The molecule has 0 amide bonds. The highest BCUT2D eigenvalue weighted by Crippen LogP contribution is 2.44. The summed E-state index contributed by atoms with van der Waals surface area (Å²) in [7, 11) is 0. The maximum absolute atomic E-state index is 11.4. The highest BCUT2D eigenvalue weighted by atomic mass is 35.5. The van der Waals surface area contributed by atoms with Gasteiger partial charge in [0.05, 0.1) is 0 Å². The van der Waals surface area contributed by atoms with Crippen molar-refractivity contribution < 1.29 is 19.4 Å². The normalized spacial score (nSPS) is 28.5. The Morgan fingerprint density at radius 3 is 2.82 bits per heavy atom. The third-order valence-electron chi connectivity index (χ3n) is 2.95. The number of carbonyl (C=O) groups excluding carboxylic acids is 1. The Morgan fingerprint density at radius 1 is 1.53 bits per heavy atom. The van der Waals surface area contributed by atoms with Gasteiger partial charge in [0.25, 0.3) is 0 Å². The number of carboxylic acids is 1. The second-order valence-electron chi connectivity index (χ2n) is 4.26. The number of rotatable bonds is 5. The summed E-state index contributed by atoms with van der Waals surface area (Å²) in [4.78, 5) is 21.7. The number of carboxylic acid groups (broad SMARTS) is 1. The first kappa shape index (κ1) is 14.0. The Balaban J connectivity index is 2.59. The van der Waals surface area contributed by atoms with Gasteiger partial charge in [-0.05, 0) is 19.3 Å². The monoisotopic (exact) mass is 260 g/mol. The maximum Gasteiger partial charge on any atom is 0.332 e. The second-order valence-corrected chi connectivity index (χ2v) is 4.90. The zero-order valence-electron chi connectivity index (χ0n) is 9.82. The van der Waals surface area contributed by atoms with Crippen LogP contribution in [-0.4, -0.2) is 22.1 Å². The average molecular weight is 261 g/mol. The van der Waals surface area contributed by atoms with Crippen LogP contribution in [-0.2, 0) is 14.3 Å². The molecule has 2 atom stereocenters. The van der Waals surface area contributed by atoms with E-state index in [4.69, 9.17) is 21.4 Å². The predicted molar refractivity (Wildman–Crippen MR) is 63.7 cm³/mol. The molecule has 1 aliphatic carbocycles. The predicted octanol–water partition coefficient (Wildman–Crippen LogP) is 2.71.